The lowest BCUT2D eigenvalue weighted by molar-refractivity contribution is -0.132. The van der Waals surface area contributed by atoms with Gasteiger partial charge in [-0.15, -0.1) is 0 Å². The number of rotatable bonds is 6. The Kier molecular flexibility index (Phi) is 6.66. The largest absolute Gasteiger partial charge is 0.381 e. The zero-order valence-electron chi connectivity index (χ0n) is 19.3. The van der Waals surface area contributed by atoms with Crippen molar-refractivity contribution >= 4 is 5.91 Å². The van der Waals surface area contributed by atoms with Crippen LogP contribution in [0.4, 0.5) is 0 Å². The molecule has 3 aliphatic heterocycles. The van der Waals surface area contributed by atoms with Crippen LogP contribution in [0.15, 0.2) is 24.3 Å². The number of fused-ring (bicyclic) bond motifs is 1. The van der Waals surface area contributed by atoms with E-state index in [1.165, 1.54) is 49.9 Å². The number of carbonyl (C=O) groups is 1. The van der Waals surface area contributed by atoms with Crippen molar-refractivity contribution in [1.29, 1.82) is 0 Å². The molecule has 1 aromatic carbocycles. The first-order valence-electron chi connectivity index (χ1n) is 12.9. The molecule has 1 saturated carbocycles. The minimum Gasteiger partial charge on any atom is -0.381 e. The van der Waals surface area contributed by atoms with E-state index in [1.54, 1.807) is 0 Å². The van der Waals surface area contributed by atoms with Crippen LogP contribution >= 0.6 is 0 Å². The van der Waals surface area contributed by atoms with Gasteiger partial charge in [-0.1, -0.05) is 24.3 Å². The van der Waals surface area contributed by atoms with E-state index in [1.807, 2.05) is 0 Å². The zero-order chi connectivity index (χ0) is 21.2. The van der Waals surface area contributed by atoms with Gasteiger partial charge in [0.15, 0.2) is 0 Å². The smallest absolute Gasteiger partial charge is 0.222 e. The van der Waals surface area contributed by atoms with E-state index < -0.39 is 0 Å². The number of hydrogen-bond donors (Lipinski definition) is 0. The summed E-state index contributed by atoms with van der Waals surface area (Å²) >= 11 is 0. The minimum atomic E-state index is 0.395. The predicted molar refractivity (Wildman–Crippen MR) is 124 cm³/mol. The van der Waals surface area contributed by atoms with Crippen molar-refractivity contribution in [3.63, 3.8) is 0 Å². The summed E-state index contributed by atoms with van der Waals surface area (Å²) in [6, 6.07) is 10.3. The standard InChI is InChI=1S/C27H40N2O2/c1-20-3-2-13-28(20)14-10-21-4-6-23(7-5-21)25-9-8-24-18-29(19-26(24)25)27(30)17-22-11-15-31-16-12-22/h4-7,20,22,24-26H,2-3,8-19H2,1H3/t20-,24-,25+,26+/m1/s1. The molecule has 170 valence electrons. The van der Waals surface area contributed by atoms with Crippen LogP contribution in [0.25, 0.3) is 0 Å². The molecule has 0 radical (unpaired) electrons. The Hall–Kier alpha value is -1.39. The van der Waals surface area contributed by atoms with E-state index in [0.717, 1.165) is 58.0 Å². The fourth-order valence-electron chi connectivity index (χ4n) is 6.74. The third kappa shape index (κ3) is 4.85. The van der Waals surface area contributed by atoms with Crippen molar-refractivity contribution in [2.75, 3.05) is 39.4 Å². The number of carbonyl (C=O) groups excluding carboxylic acids is 1. The van der Waals surface area contributed by atoms with Crippen LogP contribution in [0, 0.1) is 17.8 Å². The van der Waals surface area contributed by atoms with Gasteiger partial charge >= 0.3 is 0 Å². The highest BCUT2D eigenvalue weighted by molar-refractivity contribution is 5.76. The summed E-state index contributed by atoms with van der Waals surface area (Å²) in [5.74, 6) is 2.94. The van der Waals surface area contributed by atoms with Crippen LogP contribution in [-0.2, 0) is 16.0 Å². The van der Waals surface area contributed by atoms with Gasteiger partial charge in [-0.2, -0.15) is 0 Å². The molecule has 0 spiro atoms. The normalized spacial score (nSPS) is 32.0. The van der Waals surface area contributed by atoms with Crippen molar-refractivity contribution in [2.24, 2.45) is 17.8 Å². The van der Waals surface area contributed by atoms with Gasteiger partial charge in [0, 0.05) is 45.3 Å². The molecule has 1 aromatic rings. The third-order valence-corrected chi connectivity index (χ3v) is 8.80. The van der Waals surface area contributed by atoms with Gasteiger partial charge in [0.1, 0.15) is 0 Å². The first-order chi connectivity index (χ1) is 15.2. The molecule has 4 heteroatoms. The average Bonchev–Trinajstić information content (AvgIpc) is 3.49. The van der Waals surface area contributed by atoms with Gasteiger partial charge in [0.05, 0.1) is 0 Å². The van der Waals surface area contributed by atoms with Crippen molar-refractivity contribution in [3.8, 4) is 0 Å². The van der Waals surface area contributed by atoms with Gasteiger partial charge in [-0.3, -0.25) is 4.79 Å². The second-order valence-corrected chi connectivity index (χ2v) is 10.7. The molecule has 4 fully saturated rings. The number of ether oxygens (including phenoxy) is 1. The number of nitrogens with zero attached hydrogens (tertiary/aromatic N) is 2. The molecule has 4 nitrogen and oxygen atoms in total. The Morgan fingerprint density at radius 3 is 2.58 bits per heavy atom. The van der Waals surface area contributed by atoms with Crippen molar-refractivity contribution < 1.29 is 9.53 Å². The molecule has 1 aliphatic carbocycles. The van der Waals surface area contributed by atoms with Gasteiger partial charge in [0.2, 0.25) is 5.91 Å². The monoisotopic (exact) mass is 424 g/mol. The molecule has 1 amide bonds. The number of hydrogen-bond acceptors (Lipinski definition) is 3. The number of likely N-dealkylation sites (tertiary alicyclic amines) is 2. The van der Waals surface area contributed by atoms with Crippen LogP contribution in [0.2, 0.25) is 0 Å². The maximum atomic E-state index is 12.9. The van der Waals surface area contributed by atoms with Crippen LogP contribution < -0.4 is 0 Å². The Balaban J connectivity index is 1.14. The molecule has 0 N–H and O–H groups in total. The van der Waals surface area contributed by atoms with E-state index in [2.05, 4.69) is 41.0 Å². The van der Waals surface area contributed by atoms with Gasteiger partial charge in [-0.25, -0.2) is 0 Å². The fourth-order valence-corrected chi connectivity index (χ4v) is 6.74. The molecule has 0 aromatic heterocycles. The summed E-state index contributed by atoms with van der Waals surface area (Å²) in [7, 11) is 0. The third-order valence-electron chi connectivity index (χ3n) is 8.80. The Morgan fingerprint density at radius 2 is 1.84 bits per heavy atom. The lowest BCUT2D eigenvalue weighted by atomic mass is 9.86. The summed E-state index contributed by atoms with van der Waals surface area (Å²) in [5.41, 5.74) is 2.97. The van der Waals surface area contributed by atoms with Gasteiger partial charge < -0.3 is 14.5 Å². The summed E-state index contributed by atoms with van der Waals surface area (Å²) in [6.45, 7) is 8.47. The highest BCUT2D eigenvalue weighted by Gasteiger charge is 2.44. The van der Waals surface area contributed by atoms with E-state index in [4.69, 9.17) is 4.74 Å². The summed E-state index contributed by atoms with van der Waals surface area (Å²) in [6.07, 6.45) is 9.30. The molecule has 4 aliphatic rings. The van der Waals surface area contributed by atoms with Gasteiger partial charge in [-0.05, 0) is 93.2 Å². The number of benzene rings is 1. The van der Waals surface area contributed by atoms with Crippen molar-refractivity contribution in [3.05, 3.63) is 35.4 Å². The minimum absolute atomic E-state index is 0.395. The highest BCUT2D eigenvalue weighted by Crippen LogP contribution is 2.47. The van der Waals surface area contributed by atoms with E-state index in [9.17, 15) is 4.79 Å². The Labute approximate surface area is 188 Å². The van der Waals surface area contributed by atoms with Crippen molar-refractivity contribution in [2.45, 2.75) is 70.3 Å². The molecule has 0 unspecified atom stereocenters. The molecule has 3 saturated heterocycles. The summed E-state index contributed by atoms with van der Waals surface area (Å²) in [4.78, 5) is 17.8. The second kappa shape index (κ2) is 9.62. The highest BCUT2D eigenvalue weighted by atomic mass is 16.5. The Bertz CT molecular complexity index is 742. The van der Waals surface area contributed by atoms with Crippen LogP contribution in [0.3, 0.4) is 0 Å². The molecule has 0 bridgehead atoms. The summed E-state index contributed by atoms with van der Waals surface area (Å²) < 4.78 is 5.46. The van der Waals surface area contributed by atoms with Crippen LogP contribution in [0.1, 0.15) is 68.9 Å². The van der Waals surface area contributed by atoms with Gasteiger partial charge in [0.25, 0.3) is 0 Å². The molecule has 5 rings (SSSR count). The quantitative estimate of drug-likeness (QED) is 0.675. The fraction of sp³-hybridized carbons (Fsp3) is 0.741. The second-order valence-electron chi connectivity index (χ2n) is 10.7. The zero-order valence-corrected chi connectivity index (χ0v) is 19.3. The molecule has 4 atom stereocenters. The van der Waals surface area contributed by atoms with Crippen molar-refractivity contribution in [1.82, 2.24) is 9.80 Å². The predicted octanol–water partition coefficient (Wildman–Crippen LogP) is 4.48. The molecule has 31 heavy (non-hydrogen) atoms. The summed E-state index contributed by atoms with van der Waals surface area (Å²) in [5, 5.41) is 0. The number of amides is 1. The molecular formula is C27H40N2O2. The Morgan fingerprint density at radius 1 is 1.03 bits per heavy atom. The molecule has 3 heterocycles. The lowest BCUT2D eigenvalue weighted by Crippen LogP contribution is -2.32. The first kappa shape index (κ1) is 21.5. The van der Waals surface area contributed by atoms with Crippen LogP contribution in [0.5, 0.6) is 0 Å². The van der Waals surface area contributed by atoms with Crippen LogP contribution in [-0.4, -0.2) is 61.1 Å². The maximum Gasteiger partial charge on any atom is 0.222 e. The average molecular weight is 425 g/mol. The topological polar surface area (TPSA) is 32.8 Å². The van der Waals surface area contributed by atoms with E-state index in [0.29, 0.717) is 29.6 Å². The first-order valence-corrected chi connectivity index (χ1v) is 12.9. The van der Waals surface area contributed by atoms with E-state index >= 15 is 0 Å². The molecular weight excluding hydrogens is 384 g/mol. The SMILES string of the molecule is C[C@@H]1CCCN1CCc1ccc([C@@H]2CC[C@@H]3CN(C(=O)CC4CCOCC4)C[C@@H]32)cc1. The maximum absolute atomic E-state index is 12.9. The van der Waals surface area contributed by atoms with E-state index in [-0.39, 0.29) is 0 Å². The lowest BCUT2D eigenvalue weighted by Gasteiger charge is -2.25.